The van der Waals surface area contributed by atoms with Crippen LogP contribution in [0, 0.1) is 5.92 Å². The Bertz CT molecular complexity index is 332. The van der Waals surface area contributed by atoms with Gasteiger partial charge in [0.05, 0.1) is 11.1 Å². The third-order valence-electron chi connectivity index (χ3n) is 2.37. The van der Waals surface area contributed by atoms with Gasteiger partial charge in [-0.2, -0.15) is 0 Å². The van der Waals surface area contributed by atoms with Crippen molar-refractivity contribution in [3.8, 4) is 5.75 Å². The minimum Gasteiger partial charge on any atom is -0.489 e. The van der Waals surface area contributed by atoms with Gasteiger partial charge in [-0.25, -0.2) is 0 Å². The summed E-state index contributed by atoms with van der Waals surface area (Å²) in [6, 6.07) is 6.07. The number of rotatable bonds is 5. The van der Waals surface area contributed by atoms with Gasteiger partial charge in [0.2, 0.25) is 0 Å². The molecular weight excluding hydrogens is 220 g/mol. The molecule has 0 spiro atoms. The van der Waals surface area contributed by atoms with Gasteiger partial charge in [-0.15, -0.1) is 0 Å². The molecule has 0 atom stereocenters. The number of hydrogen-bond acceptors (Lipinski definition) is 1. The molecule has 0 saturated heterocycles. The van der Waals surface area contributed by atoms with Crippen molar-refractivity contribution in [3.63, 3.8) is 0 Å². The Morgan fingerprint density at radius 2 is 1.88 bits per heavy atom. The molecule has 90 valence electrons. The minimum atomic E-state index is 0.165. The summed E-state index contributed by atoms with van der Waals surface area (Å²) in [6.45, 7) is 8.50. The lowest BCUT2D eigenvalue weighted by atomic mass is 10.0. The second-order valence-corrected chi connectivity index (χ2v) is 5.27. The van der Waals surface area contributed by atoms with Crippen LogP contribution in [0.4, 0.5) is 0 Å². The molecule has 0 saturated carbocycles. The van der Waals surface area contributed by atoms with E-state index in [1.165, 1.54) is 12.0 Å². The van der Waals surface area contributed by atoms with E-state index in [-0.39, 0.29) is 6.10 Å². The first-order valence-corrected chi connectivity index (χ1v) is 6.32. The highest BCUT2D eigenvalue weighted by Gasteiger charge is 2.05. The van der Waals surface area contributed by atoms with Crippen molar-refractivity contribution in [2.75, 3.05) is 0 Å². The molecule has 0 aliphatic rings. The highest BCUT2D eigenvalue weighted by molar-refractivity contribution is 6.32. The second kappa shape index (κ2) is 6.15. The summed E-state index contributed by atoms with van der Waals surface area (Å²) in [5.74, 6) is 1.53. The van der Waals surface area contributed by atoms with E-state index in [2.05, 4.69) is 26.0 Å². The number of ether oxygens (including phenoxy) is 1. The van der Waals surface area contributed by atoms with E-state index < -0.39 is 0 Å². The SMILES string of the molecule is CC(C)CCc1ccc(Cl)c(OC(C)C)c1. The summed E-state index contributed by atoms with van der Waals surface area (Å²) in [4.78, 5) is 0. The van der Waals surface area contributed by atoms with Crippen LogP contribution in [-0.4, -0.2) is 6.10 Å². The first-order chi connectivity index (χ1) is 7.49. The molecule has 1 aromatic carbocycles. The molecule has 1 rings (SSSR count). The molecule has 0 aromatic heterocycles. The molecule has 0 amide bonds. The normalized spacial score (nSPS) is 11.2. The highest BCUT2D eigenvalue weighted by Crippen LogP contribution is 2.27. The molecule has 16 heavy (non-hydrogen) atoms. The van der Waals surface area contributed by atoms with Crippen molar-refractivity contribution < 1.29 is 4.74 Å². The van der Waals surface area contributed by atoms with Crippen molar-refractivity contribution in [2.24, 2.45) is 5.92 Å². The van der Waals surface area contributed by atoms with E-state index >= 15 is 0 Å². The van der Waals surface area contributed by atoms with Crippen LogP contribution < -0.4 is 4.74 Å². The monoisotopic (exact) mass is 240 g/mol. The molecule has 1 aromatic rings. The molecule has 1 nitrogen and oxygen atoms in total. The Hall–Kier alpha value is -0.690. The maximum atomic E-state index is 6.08. The van der Waals surface area contributed by atoms with Crippen LogP contribution in [-0.2, 0) is 6.42 Å². The lowest BCUT2D eigenvalue weighted by molar-refractivity contribution is 0.242. The van der Waals surface area contributed by atoms with Crippen molar-refractivity contribution in [1.29, 1.82) is 0 Å². The van der Waals surface area contributed by atoms with Gasteiger partial charge in [0, 0.05) is 0 Å². The van der Waals surface area contributed by atoms with E-state index in [0.29, 0.717) is 5.02 Å². The topological polar surface area (TPSA) is 9.23 Å². The highest BCUT2D eigenvalue weighted by atomic mass is 35.5. The summed E-state index contributed by atoms with van der Waals surface area (Å²) >= 11 is 6.08. The summed E-state index contributed by atoms with van der Waals surface area (Å²) in [7, 11) is 0. The summed E-state index contributed by atoms with van der Waals surface area (Å²) in [6.07, 6.45) is 2.45. The molecule has 0 aliphatic heterocycles. The summed E-state index contributed by atoms with van der Waals surface area (Å²) in [5.41, 5.74) is 1.30. The lowest BCUT2D eigenvalue weighted by Gasteiger charge is -2.13. The van der Waals surface area contributed by atoms with Gasteiger partial charge in [0.15, 0.2) is 0 Å². The van der Waals surface area contributed by atoms with Crippen molar-refractivity contribution >= 4 is 11.6 Å². The van der Waals surface area contributed by atoms with Gasteiger partial charge in [-0.05, 0) is 50.3 Å². The fraction of sp³-hybridized carbons (Fsp3) is 0.571. The van der Waals surface area contributed by atoms with Gasteiger partial charge >= 0.3 is 0 Å². The predicted octanol–water partition coefficient (Wildman–Crippen LogP) is 4.72. The number of aryl methyl sites for hydroxylation is 1. The van der Waals surface area contributed by atoms with E-state index in [1.807, 2.05) is 19.9 Å². The number of hydrogen-bond donors (Lipinski definition) is 0. The second-order valence-electron chi connectivity index (χ2n) is 4.86. The molecule has 0 bridgehead atoms. The Labute approximate surface area is 104 Å². The average Bonchev–Trinajstić information content (AvgIpc) is 2.18. The van der Waals surface area contributed by atoms with Crippen molar-refractivity contribution in [3.05, 3.63) is 28.8 Å². The molecule has 0 radical (unpaired) electrons. The van der Waals surface area contributed by atoms with Crippen LogP contribution >= 0.6 is 11.6 Å². The first kappa shape index (κ1) is 13.4. The van der Waals surface area contributed by atoms with Gasteiger partial charge in [-0.3, -0.25) is 0 Å². The largest absolute Gasteiger partial charge is 0.489 e. The van der Waals surface area contributed by atoms with Crippen LogP contribution in [0.15, 0.2) is 18.2 Å². The standard InChI is InChI=1S/C14H21ClO/c1-10(2)5-6-12-7-8-13(15)14(9-12)16-11(3)4/h7-11H,5-6H2,1-4H3. The lowest BCUT2D eigenvalue weighted by Crippen LogP contribution is -2.06. The Morgan fingerprint density at radius 3 is 2.44 bits per heavy atom. The van der Waals surface area contributed by atoms with Crippen molar-refractivity contribution in [2.45, 2.75) is 46.6 Å². The van der Waals surface area contributed by atoms with Crippen molar-refractivity contribution in [1.82, 2.24) is 0 Å². The number of halogens is 1. The third-order valence-corrected chi connectivity index (χ3v) is 2.68. The van der Waals surface area contributed by atoms with Gasteiger partial charge < -0.3 is 4.74 Å². The molecule has 0 heterocycles. The maximum Gasteiger partial charge on any atom is 0.138 e. The fourth-order valence-corrected chi connectivity index (χ4v) is 1.66. The van der Waals surface area contributed by atoms with Gasteiger partial charge in [0.25, 0.3) is 0 Å². The zero-order chi connectivity index (χ0) is 12.1. The zero-order valence-electron chi connectivity index (χ0n) is 10.6. The Morgan fingerprint density at radius 1 is 1.19 bits per heavy atom. The molecule has 0 fully saturated rings. The smallest absolute Gasteiger partial charge is 0.138 e. The van der Waals surface area contributed by atoms with E-state index in [4.69, 9.17) is 16.3 Å². The van der Waals surface area contributed by atoms with Crippen LogP contribution in [0.5, 0.6) is 5.75 Å². The third kappa shape index (κ3) is 4.44. The van der Waals surface area contributed by atoms with Crippen LogP contribution in [0.3, 0.4) is 0 Å². The summed E-state index contributed by atoms with van der Waals surface area (Å²) in [5, 5.41) is 0.696. The summed E-state index contributed by atoms with van der Waals surface area (Å²) < 4.78 is 5.66. The Kier molecular flexibility index (Phi) is 5.14. The van der Waals surface area contributed by atoms with Crippen LogP contribution in [0.1, 0.15) is 39.7 Å². The maximum absolute atomic E-state index is 6.08. The van der Waals surface area contributed by atoms with Crippen LogP contribution in [0.25, 0.3) is 0 Å². The fourth-order valence-electron chi connectivity index (χ4n) is 1.50. The molecule has 0 unspecified atom stereocenters. The zero-order valence-corrected chi connectivity index (χ0v) is 11.3. The molecular formula is C14H21ClO. The van der Waals surface area contributed by atoms with Crippen LogP contribution in [0.2, 0.25) is 5.02 Å². The van der Waals surface area contributed by atoms with E-state index in [0.717, 1.165) is 18.1 Å². The molecule has 2 heteroatoms. The quantitative estimate of drug-likeness (QED) is 0.724. The Balaban J connectivity index is 2.73. The van der Waals surface area contributed by atoms with Gasteiger partial charge in [-0.1, -0.05) is 31.5 Å². The molecule has 0 N–H and O–H groups in total. The van der Waals surface area contributed by atoms with E-state index in [1.54, 1.807) is 0 Å². The average molecular weight is 241 g/mol. The first-order valence-electron chi connectivity index (χ1n) is 5.94. The van der Waals surface area contributed by atoms with Gasteiger partial charge in [0.1, 0.15) is 5.75 Å². The minimum absolute atomic E-state index is 0.165. The number of benzene rings is 1. The predicted molar refractivity (Wildman–Crippen MR) is 70.4 cm³/mol. The molecule has 0 aliphatic carbocycles. The van der Waals surface area contributed by atoms with E-state index in [9.17, 15) is 0 Å².